The van der Waals surface area contributed by atoms with Gasteiger partial charge in [-0.2, -0.15) is 4.39 Å². The number of nitrogens with one attached hydrogen (secondary N) is 1. The second-order valence-electron chi connectivity index (χ2n) is 4.39. The minimum atomic E-state index is -1.08. The lowest BCUT2D eigenvalue weighted by Crippen LogP contribution is -2.34. The van der Waals surface area contributed by atoms with Crippen LogP contribution in [0.15, 0.2) is 27.9 Å². The van der Waals surface area contributed by atoms with Gasteiger partial charge in [0.25, 0.3) is 5.56 Å². The molecule has 0 saturated carbocycles. The highest BCUT2D eigenvalue weighted by atomic mass is 19.1. The fraction of sp³-hybridized carbons (Fsp3) is 0.417. The molecule has 1 N–H and O–H groups in total. The molecular weight excluding hydrogens is 271 g/mol. The summed E-state index contributed by atoms with van der Waals surface area (Å²) >= 11 is 0. The van der Waals surface area contributed by atoms with Crippen molar-refractivity contribution in [2.24, 2.45) is 0 Å². The van der Waals surface area contributed by atoms with Crippen LogP contribution in [0.1, 0.15) is 19.6 Å². The van der Waals surface area contributed by atoms with Crippen molar-refractivity contribution in [2.75, 3.05) is 6.61 Å². The molecule has 1 saturated heterocycles. The smallest absolute Gasteiger partial charge is 0.330 e. The van der Waals surface area contributed by atoms with E-state index in [-0.39, 0.29) is 13.0 Å². The van der Waals surface area contributed by atoms with Gasteiger partial charge in [0.05, 0.1) is 6.20 Å². The molecule has 1 fully saturated rings. The van der Waals surface area contributed by atoms with E-state index in [1.807, 2.05) is 4.98 Å². The Morgan fingerprint density at radius 2 is 2.35 bits per heavy atom. The van der Waals surface area contributed by atoms with Crippen molar-refractivity contribution < 1.29 is 18.7 Å². The number of hydrogen-bond donors (Lipinski definition) is 1. The van der Waals surface area contributed by atoms with E-state index < -0.39 is 35.4 Å². The number of nitrogens with zero attached hydrogens (tertiary/aromatic N) is 1. The summed E-state index contributed by atoms with van der Waals surface area (Å²) in [5.74, 6) is -1.54. The fourth-order valence-electron chi connectivity index (χ4n) is 1.88. The van der Waals surface area contributed by atoms with Crippen molar-refractivity contribution >= 4 is 5.97 Å². The quantitative estimate of drug-likeness (QED) is 0.627. The van der Waals surface area contributed by atoms with Crippen LogP contribution in [0.3, 0.4) is 0 Å². The zero-order valence-corrected chi connectivity index (χ0v) is 10.7. The number of rotatable bonds is 3. The molecule has 1 aliphatic heterocycles. The lowest BCUT2D eigenvalue weighted by atomic mass is 10.1. The topological polar surface area (TPSA) is 90.4 Å². The van der Waals surface area contributed by atoms with Crippen molar-refractivity contribution in [1.29, 1.82) is 0 Å². The van der Waals surface area contributed by atoms with Gasteiger partial charge in [-0.15, -0.1) is 0 Å². The first kappa shape index (κ1) is 14.2. The number of halogens is 1. The van der Waals surface area contributed by atoms with Crippen LogP contribution in [0.25, 0.3) is 0 Å². The summed E-state index contributed by atoms with van der Waals surface area (Å²) in [7, 11) is 0. The van der Waals surface area contributed by atoms with Crippen LogP contribution < -0.4 is 11.2 Å². The molecule has 108 valence electrons. The SMILES string of the molecule is C=C1CC(n2cc(F)c(=O)[nH]c2=O)OC1COC(C)=O. The van der Waals surface area contributed by atoms with Gasteiger partial charge < -0.3 is 9.47 Å². The van der Waals surface area contributed by atoms with Gasteiger partial charge in [-0.3, -0.25) is 19.1 Å². The lowest BCUT2D eigenvalue weighted by Gasteiger charge is -2.15. The third-order valence-corrected chi connectivity index (χ3v) is 2.89. The normalized spacial score (nSPS) is 22.0. The predicted molar refractivity (Wildman–Crippen MR) is 65.6 cm³/mol. The van der Waals surface area contributed by atoms with E-state index in [9.17, 15) is 18.8 Å². The van der Waals surface area contributed by atoms with E-state index in [0.717, 1.165) is 10.8 Å². The van der Waals surface area contributed by atoms with Gasteiger partial charge in [0.15, 0.2) is 0 Å². The summed E-state index contributed by atoms with van der Waals surface area (Å²) in [5.41, 5.74) is -1.24. The van der Waals surface area contributed by atoms with Gasteiger partial charge in [-0.25, -0.2) is 4.79 Å². The number of hydrogen-bond acceptors (Lipinski definition) is 5. The van der Waals surface area contributed by atoms with E-state index in [1.165, 1.54) is 6.92 Å². The van der Waals surface area contributed by atoms with Gasteiger partial charge >= 0.3 is 11.7 Å². The minimum Gasteiger partial charge on any atom is -0.463 e. The maximum absolute atomic E-state index is 13.2. The van der Waals surface area contributed by atoms with Crippen LogP contribution in [0, 0.1) is 5.82 Å². The molecule has 1 aromatic heterocycles. The summed E-state index contributed by atoms with van der Waals surface area (Å²) in [6.45, 7) is 5.00. The Balaban J connectivity index is 2.18. The zero-order valence-electron chi connectivity index (χ0n) is 10.7. The van der Waals surface area contributed by atoms with Crippen LogP contribution >= 0.6 is 0 Å². The molecule has 2 atom stereocenters. The van der Waals surface area contributed by atoms with Crippen LogP contribution in [0.2, 0.25) is 0 Å². The summed E-state index contributed by atoms with van der Waals surface area (Å²) in [5, 5.41) is 0. The fourth-order valence-corrected chi connectivity index (χ4v) is 1.88. The number of carbonyl (C=O) groups excluding carboxylic acids is 1. The first-order chi connectivity index (χ1) is 9.38. The molecule has 0 amide bonds. The highest BCUT2D eigenvalue weighted by molar-refractivity contribution is 5.65. The third kappa shape index (κ3) is 2.85. The number of aromatic nitrogens is 2. The first-order valence-corrected chi connectivity index (χ1v) is 5.86. The molecule has 8 heteroatoms. The first-order valence-electron chi connectivity index (χ1n) is 5.86. The largest absolute Gasteiger partial charge is 0.463 e. The van der Waals surface area contributed by atoms with Crippen molar-refractivity contribution in [3.8, 4) is 0 Å². The standard InChI is InChI=1S/C12H13FN2O5/c1-6-3-10(20-9(6)5-19-7(2)16)15-4-8(13)11(17)14-12(15)18/h4,9-10H,1,3,5H2,2H3,(H,14,17,18). The Kier molecular flexibility index (Phi) is 3.84. The summed E-state index contributed by atoms with van der Waals surface area (Å²) < 4.78 is 24.4. The Hall–Kier alpha value is -2.22. The van der Waals surface area contributed by atoms with Crippen molar-refractivity contribution in [1.82, 2.24) is 9.55 Å². The van der Waals surface area contributed by atoms with Gasteiger partial charge in [0, 0.05) is 13.3 Å². The van der Waals surface area contributed by atoms with Crippen LogP contribution in [-0.4, -0.2) is 28.2 Å². The molecule has 0 radical (unpaired) electrons. The Morgan fingerprint density at radius 3 is 3.00 bits per heavy atom. The number of carbonyl (C=O) groups is 1. The Bertz CT molecular complexity index is 663. The Labute approximate surface area is 112 Å². The second kappa shape index (κ2) is 5.41. The van der Waals surface area contributed by atoms with E-state index in [1.54, 1.807) is 0 Å². The van der Waals surface area contributed by atoms with Crippen molar-refractivity contribution in [3.05, 3.63) is 45.0 Å². The highest BCUT2D eigenvalue weighted by Crippen LogP contribution is 2.30. The minimum absolute atomic E-state index is 0.0226. The molecule has 0 spiro atoms. The zero-order chi connectivity index (χ0) is 14.9. The Morgan fingerprint density at radius 1 is 1.65 bits per heavy atom. The number of ether oxygens (including phenoxy) is 2. The van der Waals surface area contributed by atoms with Crippen LogP contribution in [0.5, 0.6) is 0 Å². The van der Waals surface area contributed by atoms with Gasteiger partial charge in [0.1, 0.15) is 18.9 Å². The highest BCUT2D eigenvalue weighted by Gasteiger charge is 2.31. The second-order valence-corrected chi connectivity index (χ2v) is 4.39. The van der Waals surface area contributed by atoms with E-state index in [4.69, 9.17) is 9.47 Å². The maximum Gasteiger partial charge on any atom is 0.330 e. The number of aromatic amines is 1. The number of H-pyrrole nitrogens is 1. The van der Waals surface area contributed by atoms with E-state index in [0.29, 0.717) is 5.57 Å². The molecule has 20 heavy (non-hydrogen) atoms. The molecule has 0 bridgehead atoms. The summed E-state index contributed by atoms with van der Waals surface area (Å²) in [4.78, 5) is 35.1. The summed E-state index contributed by atoms with van der Waals surface area (Å²) in [6, 6.07) is 0. The number of esters is 1. The molecule has 2 unspecified atom stereocenters. The van der Waals surface area contributed by atoms with E-state index in [2.05, 4.69) is 6.58 Å². The average molecular weight is 284 g/mol. The molecule has 1 aromatic rings. The van der Waals surface area contributed by atoms with Gasteiger partial charge in [-0.05, 0) is 5.57 Å². The monoisotopic (exact) mass is 284 g/mol. The third-order valence-electron chi connectivity index (χ3n) is 2.89. The van der Waals surface area contributed by atoms with Crippen LogP contribution in [-0.2, 0) is 14.3 Å². The molecule has 7 nitrogen and oxygen atoms in total. The van der Waals surface area contributed by atoms with Gasteiger partial charge in [-0.1, -0.05) is 6.58 Å². The molecule has 2 rings (SSSR count). The van der Waals surface area contributed by atoms with Crippen molar-refractivity contribution in [2.45, 2.75) is 25.7 Å². The van der Waals surface area contributed by atoms with Crippen molar-refractivity contribution in [3.63, 3.8) is 0 Å². The average Bonchev–Trinajstić information content (AvgIpc) is 2.72. The predicted octanol–water partition coefficient (Wildman–Crippen LogP) is 0.0825. The van der Waals surface area contributed by atoms with E-state index >= 15 is 0 Å². The maximum atomic E-state index is 13.2. The molecular formula is C12H13FN2O5. The summed E-state index contributed by atoms with van der Waals surface area (Å²) in [6.07, 6.45) is -0.308. The molecule has 0 aliphatic carbocycles. The molecule has 0 aromatic carbocycles. The molecule has 1 aliphatic rings. The van der Waals surface area contributed by atoms with Crippen LogP contribution in [0.4, 0.5) is 4.39 Å². The lowest BCUT2D eigenvalue weighted by molar-refractivity contribution is -0.145. The van der Waals surface area contributed by atoms with Gasteiger partial charge in [0.2, 0.25) is 5.82 Å². The molecule has 2 heterocycles.